The van der Waals surface area contributed by atoms with Gasteiger partial charge in [-0.3, -0.25) is 4.79 Å². The third kappa shape index (κ3) is 3.63. The van der Waals surface area contributed by atoms with E-state index in [-0.39, 0.29) is 24.8 Å². The molecule has 0 bridgehead atoms. The topological polar surface area (TPSA) is 95.1 Å². The molecule has 0 aliphatic rings. The van der Waals surface area contributed by atoms with E-state index in [1.807, 2.05) is 0 Å². The Bertz CT molecular complexity index is 877. The van der Waals surface area contributed by atoms with Gasteiger partial charge in [-0.15, -0.1) is 0 Å². The number of carbonyl (C=O) groups is 1. The number of ether oxygens (including phenoxy) is 1. The Morgan fingerprint density at radius 2 is 2.16 bits per heavy atom. The maximum atomic E-state index is 13.3. The summed E-state index contributed by atoms with van der Waals surface area (Å²) < 4.78 is 37.5. The fourth-order valence-corrected chi connectivity index (χ4v) is 2.32. The fourth-order valence-electron chi connectivity index (χ4n) is 2.32. The summed E-state index contributed by atoms with van der Waals surface area (Å²) in [6, 6.07) is 6.75. The quantitative estimate of drug-likeness (QED) is 0.652. The molecule has 0 unspecified atom stereocenters. The molecule has 132 valence electrons. The van der Waals surface area contributed by atoms with E-state index >= 15 is 0 Å². The van der Waals surface area contributed by atoms with E-state index in [1.165, 1.54) is 11.7 Å². The van der Waals surface area contributed by atoms with Gasteiger partial charge >= 0.3 is 11.8 Å². The third-order valence-electron chi connectivity index (χ3n) is 3.43. The first kappa shape index (κ1) is 17.0. The number of carbonyl (C=O) groups excluding carboxylic acids is 1. The van der Waals surface area contributed by atoms with Gasteiger partial charge in [0.05, 0.1) is 24.2 Å². The van der Waals surface area contributed by atoms with Crippen LogP contribution >= 0.6 is 0 Å². The number of hydrogen-bond donors (Lipinski definition) is 1. The van der Waals surface area contributed by atoms with Crippen molar-refractivity contribution in [2.75, 3.05) is 20.3 Å². The number of nitrogens with zero attached hydrogens (tertiary/aromatic N) is 4. The summed E-state index contributed by atoms with van der Waals surface area (Å²) in [4.78, 5) is 19.7. The van der Waals surface area contributed by atoms with Gasteiger partial charge in [0.15, 0.2) is 11.6 Å². The molecule has 1 amide bonds. The van der Waals surface area contributed by atoms with Crippen LogP contribution in [0.3, 0.4) is 0 Å². The van der Waals surface area contributed by atoms with Gasteiger partial charge < -0.3 is 19.1 Å². The van der Waals surface area contributed by atoms with Crippen molar-refractivity contribution in [3.05, 3.63) is 41.8 Å². The van der Waals surface area contributed by atoms with Gasteiger partial charge in [-0.1, -0.05) is 17.3 Å². The molecule has 0 spiro atoms. The molecule has 1 N–H and O–H groups in total. The second kappa shape index (κ2) is 7.34. The van der Waals surface area contributed by atoms with E-state index in [0.717, 1.165) is 0 Å². The van der Waals surface area contributed by atoms with Crippen LogP contribution in [-0.2, 0) is 11.3 Å². The average molecular weight is 351 g/mol. The van der Waals surface area contributed by atoms with Crippen LogP contribution in [-0.4, -0.2) is 45.9 Å². The summed E-state index contributed by atoms with van der Waals surface area (Å²) in [5, 5.41) is 6.21. The van der Waals surface area contributed by atoms with Crippen molar-refractivity contribution in [3.63, 3.8) is 0 Å². The predicted molar refractivity (Wildman–Crippen MR) is 82.3 cm³/mol. The Labute approximate surface area is 140 Å². The molecular formula is C15H15F2N5O3. The number of methoxy groups -OCH3 is 1. The van der Waals surface area contributed by atoms with Gasteiger partial charge in [-0.25, -0.2) is 13.8 Å². The number of halogens is 2. The van der Waals surface area contributed by atoms with Gasteiger partial charge in [0.25, 0.3) is 6.43 Å². The van der Waals surface area contributed by atoms with E-state index in [0.29, 0.717) is 17.6 Å². The lowest BCUT2D eigenvalue weighted by Crippen LogP contribution is -2.27. The molecule has 10 heteroatoms. The average Bonchev–Trinajstić information content (AvgIpc) is 3.21. The Morgan fingerprint density at radius 3 is 2.92 bits per heavy atom. The maximum Gasteiger partial charge on any atom is 0.316 e. The minimum atomic E-state index is -2.75. The minimum Gasteiger partial charge on any atom is -0.383 e. The Kier molecular flexibility index (Phi) is 4.98. The molecule has 1 aromatic carbocycles. The highest BCUT2D eigenvalue weighted by atomic mass is 19.3. The Hall–Kier alpha value is -2.88. The second-order valence-corrected chi connectivity index (χ2v) is 5.11. The van der Waals surface area contributed by atoms with Crippen LogP contribution in [0.4, 0.5) is 8.78 Å². The van der Waals surface area contributed by atoms with E-state index in [9.17, 15) is 13.6 Å². The van der Waals surface area contributed by atoms with Crippen LogP contribution in [0, 0.1) is 0 Å². The summed E-state index contributed by atoms with van der Waals surface area (Å²) in [7, 11) is 1.51. The molecule has 3 rings (SSSR count). The highest BCUT2D eigenvalue weighted by Gasteiger charge is 2.21. The number of para-hydroxylation sites is 2. The van der Waals surface area contributed by atoms with Crippen molar-refractivity contribution in [2.45, 2.75) is 13.0 Å². The summed E-state index contributed by atoms with van der Waals surface area (Å²) in [6.07, 6.45) is -2.75. The number of nitrogens with one attached hydrogen (secondary N) is 1. The van der Waals surface area contributed by atoms with E-state index in [1.54, 1.807) is 24.3 Å². The zero-order chi connectivity index (χ0) is 17.8. The molecule has 0 fully saturated rings. The second-order valence-electron chi connectivity index (χ2n) is 5.11. The predicted octanol–water partition coefficient (Wildman–Crippen LogP) is 1.78. The van der Waals surface area contributed by atoms with E-state index < -0.39 is 18.2 Å². The van der Waals surface area contributed by atoms with Gasteiger partial charge in [0.1, 0.15) is 0 Å². The van der Waals surface area contributed by atoms with Crippen LogP contribution in [0.15, 0.2) is 28.8 Å². The first-order valence-corrected chi connectivity index (χ1v) is 7.43. The van der Waals surface area contributed by atoms with E-state index in [4.69, 9.17) is 9.26 Å². The maximum absolute atomic E-state index is 13.3. The van der Waals surface area contributed by atoms with Crippen LogP contribution in [0.1, 0.15) is 28.8 Å². The highest BCUT2D eigenvalue weighted by molar-refractivity contribution is 5.89. The summed E-state index contributed by atoms with van der Waals surface area (Å²) in [5.74, 6) is -1.09. The fraction of sp³-hybridized carbons (Fsp3) is 0.333. The lowest BCUT2D eigenvalue weighted by molar-refractivity contribution is 0.0893. The highest BCUT2D eigenvalue weighted by Crippen LogP contribution is 2.24. The summed E-state index contributed by atoms with van der Waals surface area (Å²) in [5.41, 5.74) is 0.965. The van der Waals surface area contributed by atoms with Crippen LogP contribution in [0.25, 0.3) is 11.0 Å². The molecule has 0 aliphatic carbocycles. The van der Waals surface area contributed by atoms with Crippen molar-refractivity contribution in [1.82, 2.24) is 25.0 Å². The largest absolute Gasteiger partial charge is 0.383 e. The Balaban J connectivity index is 1.82. The number of aromatic nitrogens is 4. The van der Waals surface area contributed by atoms with Crippen molar-refractivity contribution in [3.8, 4) is 0 Å². The zero-order valence-corrected chi connectivity index (χ0v) is 13.3. The van der Waals surface area contributed by atoms with Gasteiger partial charge in [-0.05, 0) is 12.1 Å². The van der Waals surface area contributed by atoms with Crippen LogP contribution in [0.5, 0.6) is 0 Å². The molecule has 3 aromatic rings. The molecule has 0 atom stereocenters. The summed E-state index contributed by atoms with van der Waals surface area (Å²) in [6.45, 7) is 0.537. The lowest BCUT2D eigenvalue weighted by atomic mass is 10.3. The van der Waals surface area contributed by atoms with Crippen molar-refractivity contribution < 1.29 is 22.8 Å². The number of hydrogen-bond acceptors (Lipinski definition) is 6. The van der Waals surface area contributed by atoms with Gasteiger partial charge in [0.2, 0.25) is 0 Å². The number of imidazole rings is 1. The smallest absolute Gasteiger partial charge is 0.316 e. The Morgan fingerprint density at radius 1 is 1.36 bits per heavy atom. The SMILES string of the molecule is COCCNC(=O)c1nc(Cn2c(C(F)F)nc3ccccc32)no1. The number of fused-ring (bicyclic) bond motifs is 1. The molecule has 25 heavy (non-hydrogen) atoms. The van der Waals surface area contributed by atoms with Crippen LogP contribution < -0.4 is 5.32 Å². The van der Waals surface area contributed by atoms with Crippen molar-refractivity contribution >= 4 is 16.9 Å². The van der Waals surface area contributed by atoms with Crippen LogP contribution in [0.2, 0.25) is 0 Å². The summed E-state index contributed by atoms with van der Waals surface area (Å²) >= 11 is 0. The monoisotopic (exact) mass is 351 g/mol. The van der Waals surface area contributed by atoms with Crippen molar-refractivity contribution in [2.24, 2.45) is 0 Å². The first-order chi connectivity index (χ1) is 12.1. The molecule has 0 saturated heterocycles. The van der Waals surface area contributed by atoms with Crippen molar-refractivity contribution in [1.29, 1.82) is 0 Å². The standard InChI is InChI=1S/C15H15F2N5O3/c1-24-7-6-18-14(23)15-20-11(21-25-15)8-22-10-5-3-2-4-9(10)19-13(22)12(16)17/h2-5,12H,6-8H2,1H3,(H,18,23). The lowest BCUT2D eigenvalue weighted by Gasteiger charge is -2.05. The number of alkyl halides is 2. The zero-order valence-electron chi connectivity index (χ0n) is 13.3. The minimum absolute atomic E-state index is 0.0883. The van der Waals surface area contributed by atoms with Gasteiger partial charge in [-0.2, -0.15) is 4.98 Å². The van der Waals surface area contributed by atoms with Gasteiger partial charge in [0, 0.05) is 13.7 Å². The molecule has 8 nitrogen and oxygen atoms in total. The molecule has 0 saturated carbocycles. The molecule has 0 aliphatic heterocycles. The normalized spacial score (nSPS) is 11.4. The number of rotatable bonds is 7. The third-order valence-corrected chi connectivity index (χ3v) is 3.43. The molecule has 2 heterocycles. The number of benzene rings is 1. The molecule has 0 radical (unpaired) electrons. The van der Waals surface area contributed by atoms with E-state index in [2.05, 4.69) is 20.4 Å². The number of amides is 1. The molecule has 2 aromatic heterocycles. The molecular weight excluding hydrogens is 336 g/mol. The first-order valence-electron chi connectivity index (χ1n) is 7.43.